The van der Waals surface area contributed by atoms with Gasteiger partial charge in [0.25, 0.3) is 0 Å². The molecular weight excluding hydrogens is 136 g/mol. The molecular formula is C6H12O4. The lowest BCUT2D eigenvalue weighted by atomic mass is 10.00. The van der Waals surface area contributed by atoms with Crippen molar-refractivity contribution in [3.05, 3.63) is 0 Å². The van der Waals surface area contributed by atoms with Gasteiger partial charge in [-0.1, -0.05) is 0 Å². The van der Waals surface area contributed by atoms with Crippen LogP contribution in [0, 0.1) is 0 Å². The van der Waals surface area contributed by atoms with Crippen molar-refractivity contribution in [1.82, 2.24) is 0 Å². The smallest absolute Gasteiger partial charge is 0.114 e. The minimum atomic E-state index is -1.20. The molecule has 4 heteroatoms. The normalized spacial score (nSPS) is 48.0. The molecule has 0 amide bonds. The van der Waals surface area contributed by atoms with Crippen molar-refractivity contribution < 1.29 is 20.1 Å². The Balaban J connectivity index is 2.58. The van der Waals surface area contributed by atoms with Gasteiger partial charge in [0.1, 0.15) is 17.8 Å². The number of rotatable bonds is 1. The lowest BCUT2D eigenvalue weighted by molar-refractivity contribution is -0.0434. The summed E-state index contributed by atoms with van der Waals surface area (Å²) >= 11 is 0. The standard InChI is InChI=1S/C6H12O4/c1-6(9)3-10-4(2-7)5(6)8/h4-5,7-9H,2-3H2,1H3/t4?,5-,6-/m1/s1. The van der Waals surface area contributed by atoms with Gasteiger partial charge in [0.05, 0.1) is 13.2 Å². The second kappa shape index (κ2) is 2.47. The van der Waals surface area contributed by atoms with E-state index in [0.717, 1.165) is 0 Å². The van der Waals surface area contributed by atoms with E-state index in [1.54, 1.807) is 0 Å². The molecule has 1 unspecified atom stereocenters. The molecule has 0 spiro atoms. The summed E-state index contributed by atoms with van der Waals surface area (Å²) < 4.78 is 4.88. The molecule has 1 heterocycles. The van der Waals surface area contributed by atoms with Crippen LogP contribution in [0.4, 0.5) is 0 Å². The predicted octanol–water partition coefficient (Wildman–Crippen LogP) is -1.51. The summed E-state index contributed by atoms with van der Waals surface area (Å²) in [6, 6.07) is 0. The number of aliphatic hydroxyl groups is 3. The lowest BCUT2D eigenvalue weighted by Crippen LogP contribution is -2.41. The van der Waals surface area contributed by atoms with Gasteiger partial charge in [-0.05, 0) is 6.92 Å². The van der Waals surface area contributed by atoms with Crippen LogP contribution in [-0.4, -0.2) is 46.3 Å². The van der Waals surface area contributed by atoms with Crippen molar-refractivity contribution in [2.75, 3.05) is 13.2 Å². The molecule has 1 saturated heterocycles. The van der Waals surface area contributed by atoms with E-state index in [1.807, 2.05) is 0 Å². The van der Waals surface area contributed by atoms with Crippen LogP contribution >= 0.6 is 0 Å². The maximum atomic E-state index is 9.28. The number of hydrogen-bond donors (Lipinski definition) is 3. The van der Waals surface area contributed by atoms with Gasteiger partial charge in [-0.3, -0.25) is 0 Å². The SMILES string of the molecule is C[C@@]1(O)COC(CO)[C@H]1O. The fourth-order valence-corrected chi connectivity index (χ4v) is 1.01. The van der Waals surface area contributed by atoms with Crippen molar-refractivity contribution in [2.24, 2.45) is 0 Å². The first-order valence-corrected chi connectivity index (χ1v) is 3.21. The highest BCUT2D eigenvalue weighted by Gasteiger charge is 2.43. The van der Waals surface area contributed by atoms with Crippen LogP contribution in [0.1, 0.15) is 6.92 Å². The third kappa shape index (κ3) is 1.15. The van der Waals surface area contributed by atoms with Crippen LogP contribution in [0.15, 0.2) is 0 Å². The molecule has 4 nitrogen and oxygen atoms in total. The van der Waals surface area contributed by atoms with Gasteiger partial charge < -0.3 is 20.1 Å². The Bertz CT molecular complexity index is 123. The zero-order chi connectivity index (χ0) is 7.78. The molecule has 60 valence electrons. The molecule has 10 heavy (non-hydrogen) atoms. The predicted molar refractivity (Wildman–Crippen MR) is 33.5 cm³/mol. The Hall–Kier alpha value is -0.160. The van der Waals surface area contributed by atoms with Crippen molar-refractivity contribution in [3.8, 4) is 0 Å². The summed E-state index contributed by atoms with van der Waals surface area (Å²) in [6.07, 6.45) is -1.60. The van der Waals surface area contributed by atoms with Crippen LogP contribution in [0.3, 0.4) is 0 Å². The van der Waals surface area contributed by atoms with E-state index in [4.69, 9.17) is 9.84 Å². The van der Waals surface area contributed by atoms with E-state index in [2.05, 4.69) is 0 Å². The highest BCUT2D eigenvalue weighted by molar-refractivity contribution is 4.92. The molecule has 1 aliphatic heterocycles. The summed E-state index contributed by atoms with van der Waals surface area (Å²) in [5, 5.41) is 27.0. The molecule has 1 aliphatic rings. The van der Waals surface area contributed by atoms with Gasteiger partial charge in [0.2, 0.25) is 0 Å². The molecule has 3 N–H and O–H groups in total. The van der Waals surface area contributed by atoms with Crippen LogP contribution in [-0.2, 0) is 4.74 Å². The maximum Gasteiger partial charge on any atom is 0.114 e. The van der Waals surface area contributed by atoms with E-state index in [0.29, 0.717) is 0 Å². The average molecular weight is 148 g/mol. The minimum Gasteiger partial charge on any atom is -0.394 e. The largest absolute Gasteiger partial charge is 0.394 e. The molecule has 0 aliphatic carbocycles. The van der Waals surface area contributed by atoms with Gasteiger partial charge in [-0.15, -0.1) is 0 Å². The van der Waals surface area contributed by atoms with Crippen LogP contribution in [0.2, 0.25) is 0 Å². The van der Waals surface area contributed by atoms with E-state index in [9.17, 15) is 10.2 Å². The summed E-state index contributed by atoms with van der Waals surface area (Å²) in [5.74, 6) is 0. The summed E-state index contributed by atoms with van der Waals surface area (Å²) in [4.78, 5) is 0. The molecule has 0 aromatic heterocycles. The van der Waals surface area contributed by atoms with Crippen molar-refractivity contribution in [1.29, 1.82) is 0 Å². The monoisotopic (exact) mass is 148 g/mol. The first kappa shape index (κ1) is 7.94. The summed E-state index contributed by atoms with van der Waals surface area (Å²) in [6.45, 7) is 1.31. The second-order valence-corrected chi connectivity index (χ2v) is 2.83. The lowest BCUT2D eigenvalue weighted by Gasteiger charge is -2.19. The molecule has 0 bridgehead atoms. The number of ether oxygens (including phenoxy) is 1. The Kier molecular flexibility index (Phi) is 1.96. The molecule has 1 fully saturated rings. The molecule has 0 aromatic carbocycles. The van der Waals surface area contributed by atoms with Gasteiger partial charge in [0, 0.05) is 0 Å². The quantitative estimate of drug-likeness (QED) is 0.423. The zero-order valence-corrected chi connectivity index (χ0v) is 5.82. The van der Waals surface area contributed by atoms with Crippen molar-refractivity contribution >= 4 is 0 Å². The van der Waals surface area contributed by atoms with Crippen molar-refractivity contribution in [2.45, 2.75) is 24.7 Å². The highest BCUT2D eigenvalue weighted by atomic mass is 16.5. The summed E-state index contributed by atoms with van der Waals surface area (Å²) in [5.41, 5.74) is -1.20. The van der Waals surface area contributed by atoms with Crippen LogP contribution in [0.25, 0.3) is 0 Å². The van der Waals surface area contributed by atoms with Crippen molar-refractivity contribution in [3.63, 3.8) is 0 Å². The van der Waals surface area contributed by atoms with Gasteiger partial charge >= 0.3 is 0 Å². The van der Waals surface area contributed by atoms with E-state index >= 15 is 0 Å². The molecule has 0 aromatic rings. The third-order valence-corrected chi connectivity index (χ3v) is 1.76. The first-order valence-electron chi connectivity index (χ1n) is 3.21. The third-order valence-electron chi connectivity index (χ3n) is 1.76. The summed E-state index contributed by atoms with van der Waals surface area (Å²) in [7, 11) is 0. The fraction of sp³-hybridized carbons (Fsp3) is 1.00. The highest BCUT2D eigenvalue weighted by Crippen LogP contribution is 2.23. The topological polar surface area (TPSA) is 69.9 Å². The molecule has 0 radical (unpaired) electrons. The Labute approximate surface area is 59.1 Å². The molecule has 0 saturated carbocycles. The minimum absolute atomic E-state index is 0.0827. The van der Waals surface area contributed by atoms with E-state index < -0.39 is 17.8 Å². The van der Waals surface area contributed by atoms with Crippen LogP contribution in [0.5, 0.6) is 0 Å². The van der Waals surface area contributed by atoms with E-state index in [-0.39, 0.29) is 13.2 Å². The zero-order valence-electron chi connectivity index (χ0n) is 5.82. The average Bonchev–Trinajstić information content (AvgIpc) is 2.10. The van der Waals surface area contributed by atoms with Gasteiger partial charge in [-0.25, -0.2) is 0 Å². The van der Waals surface area contributed by atoms with Crippen LogP contribution < -0.4 is 0 Å². The Morgan fingerprint density at radius 2 is 2.30 bits per heavy atom. The Morgan fingerprint density at radius 1 is 1.70 bits per heavy atom. The number of hydrogen-bond acceptors (Lipinski definition) is 4. The molecule has 3 atom stereocenters. The number of aliphatic hydroxyl groups excluding tert-OH is 2. The van der Waals surface area contributed by atoms with Gasteiger partial charge in [-0.2, -0.15) is 0 Å². The van der Waals surface area contributed by atoms with E-state index in [1.165, 1.54) is 6.92 Å². The van der Waals surface area contributed by atoms with Gasteiger partial charge in [0.15, 0.2) is 0 Å². The fourth-order valence-electron chi connectivity index (χ4n) is 1.01. The maximum absolute atomic E-state index is 9.28. The first-order chi connectivity index (χ1) is 4.58. The second-order valence-electron chi connectivity index (χ2n) is 2.83. The Morgan fingerprint density at radius 3 is 2.50 bits per heavy atom. The molecule has 1 rings (SSSR count).